The van der Waals surface area contributed by atoms with Gasteiger partial charge in [0, 0.05) is 24.2 Å². The van der Waals surface area contributed by atoms with Crippen LogP contribution in [0.15, 0.2) is 11.6 Å². The van der Waals surface area contributed by atoms with E-state index in [4.69, 9.17) is 0 Å². The van der Waals surface area contributed by atoms with Crippen LogP contribution in [0.3, 0.4) is 0 Å². The average molecular weight is 239 g/mol. The molecule has 3 nitrogen and oxygen atoms in total. The largest absolute Gasteiger partial charge is 0.308 e. The van der Waals surface area contributed by atoms with E-state index in [0.717, 1.165) is 12.5 Å². The average Bonchev–Trinajstić information content (AvgIpc) is 2.80. The molecule has 2 rings (SSSR count). The molecule has 1 N–H and O–H groups in total. The van der Waals surface area contributed by atoms with Gasteiger partial charge in [0.1, 0.15) is 5.01 Å². The van der Waals surface area contributed by atoms with Crippen molar-refractivity contribution in [3.63, 3.8) is 0 Å². The summed E-state index contributed by atoms with van der Waals surface area (Å²) >= 11 is 1.73. The Morgan fingerprint density at radius 2 is 2.31 bits per heavy atom. The third-order valence-electron chi connectivity index (χ3n) is 3.53. The molecule has 1 saturated heterocycles. The SMILES string of the molecule is CC(NCc1nccs1)C1CCN(C)CC1. The van der Waals surface area contributed by atoms with Gasteiger partial charge in [-0.2, -0.15) is 0 Å². The first kappa shape index (κ1) is 12.0. The summed E-state index contributed by atoms with van der Waals surface area (Å²) in [6.45, 7) is 5.72. The van der Waals surface area contributed by atoms with Gasteiger partial charge in [0.05, 0.1) is 0 Å². The van der Waals surface area contributed by atoms with Gasteiger partial charge in [-0.05, 0) is 45.8 Å². The lowest BCUT2D eigenvalue weighted by Gasteiger charge is -2.33. The van der Waals surface area contributed by atoms with Crippen molar-refractivity contribution in [2.24, 2.45) is 5.92 Å². The van der Waals surface area contributed by atoms with Crippen LogP contribution in [0.1, 0.15) is 24.8 Å². The van der Waals surface area contributed by atoms with E-state index in [2.05, 4.69) is 29.2 Å². The fourth-order valence-electron chi connectivity index (χ4n) is 2.28. The Kier molecular flexibility index (Phi) is 4.32. The van der Waals surface area contributed by atoms with E-state index < -0.39 is 0 Å². The second-order valence-corrected chi connectivity index (χ2v) is 5.72. The summed E-state index contributed by atoms with van der Waals surface area (Å²) in [5, 5.41) is 6.83. The van der Waals surface area contributed by atoms with Crippen molar-refractivity contribution >= 4 is 11.3 Å². The van der Waals surface area contributed by atoms with E-state index in [9.17, 15) is 0 Å². The van der Waals surface area contributed by atoms with Crippen molar-refractivity contribution in [2.75, 3.05) is 20.1 Å². The van der Waals surface area contributed by atoms with Crippen LogP contribution in [0.25, 0.3) is 0 Å². The van der Waals surface area contributed by atoms with Gasteiger partial charge in [-0.15, -0.1) is 11.3 Å². The van der Waals surface area contributed by atoms with Gasteiger partial charge in [-0.1, -0.05) is 0 Å². The van der Waals surface area contributed by atoms with Crippen molar-refractivity contribution in [3.8, 4) is 0 Å². The van der Waals surface area contributed by atoms with E-state index in [1.165, 1.54) is 30.9 Å². The summed E-state index contributed by atoms with van der Waals surface area (Å²) in [5.41, 5.74) is 0. The molecule has 1 aliphatic heterocycles. The van der Waals surface area contributed by atoms with Crippen LogP contribution in [0.2, 0.25) is 0 Å². The number of rotatable bonds is 4. The molecule has 0 radical (unpaired) electrons. The fraction of sp³-hybridized carbons (Fsp3) is 0.750. The van der Waals surface area contributed by atoms with Crippen molar-refractivity contribution in [1.29, 1.82) is 0 Å². The van der Waals surface area contributed by atoms with Crippen molar-refractivity contribution in [1.82, 2.24) is 15.2 Å². The van der Waals surface area contributed by atoms with Crippen LogP contribution in [-0.4, -0.2) is 36.1 Å². The lowest BCUT2D eigenvalue weighted by Crippen LogP contribution is -2.40. The van der Waals surface area contributed by atoms with Gasteiger partial charge >= 0.3 is 0 Å². The summed E-state index contributed by atoms with van der Waals surface area (Å²) in [6.07, 6.45) is 4.52. The number of nitrogens with zero attached hydrogens (tertiary/aromatic N) is 2. The highest BCUT2D eigenvalue weighted by Gasteiger charge is 2.21. The number of hydrogen-bond donors (Lipinski definition) is 1. The lowest BCUT2D eigenvalue weighted by molar-refractivity contribution is 0.189. The zero-order valence-corrected chi connectivity index (χ0v) is 11.0. The Morgan fingerprint density at radius 3 is 2.94 bits per heavy atom. The molecular weight excluding hydrogens is 218 g/mol. The van der Waals surface area contributed by atoms with Crippen molar-refractivity contribution < 1.29 is 0 Å². The van der Waals surface area contributed by atoms with Crippen LogP contribution >= 0.6 is 11.3 Å². The summed E-state index contributed by atoms with van der Waals surface area (Å²) < 4.78 is 0. The van der Waals surface area contributed by atoms with Crippen LogP contribution in [0, 0.1) is 5.92 Å². The highest BCUT2D eigenvalue weighted by Crippen LogP contribution is 2.19. The maximum atomic E-state index is 4.29. The molecule has 1 aromatic heterocycles. The van der Waals surface area contributed by atoms with E-state index in [1.54, 1.807) is 11.3 Å². The van der Waals surface area contributed by atoms with Gasteiger partial charge in [0.25, 0.3) is 0 Å². The summed E-state index contributed by atoms with van der Waals surface area (Å²) in [7, 11) is 2.21. The Labute approximate surface area is 102 Å². The smallest absolute Gasteiger partial charge is 0.106 e. The highest BCUT2D eigenvalue weighted by molar-refractivity contribution is 7.09. The van der Waals surface area contributed by atoms with E-state index in [-0.39, 0.29) is 0 Å². The molecule has 1 unspecified atom stereocenters. The Morgan fingerprint density at radius 1 is 1.56 bits per heavy atom. The van der Waals surface area contributed by atoms with Crippen LogP contribution in [-0.2, 0) is 6.54 Å². The van der Waals surface area contributed by atoms with E-state index in [0.29, 0.717) is 6.04 Å². The molecule has 90 valence electrons. The number of aromatic nitrogens is 1. The molecule has 0 aromatic carbocycles. The predicted molar refractivity (Wildman–Crippen MR) is 68.6 cm³/mol. The number of thiazole rings is 1. The number of nitrogens with one attached hydrogen (secondary N) is 1. The maximum absolute atomic E-state index is 4.29. The summed E-state index contributed by atoms with van der Waals surface area (Å²) in [6, 6.07) is 0.609. The quantitative estimate of drug-likeness (QED) is 0.870. The first-order chi connectivity index (χ1) is 7.75. The summed E-state index contributed by atoms with van der Waals surface area (Å²) in [5.74, 6) is 0.830. The molecule has 0 spiro atoms. The minimum Gasteiger partial charge on any atom is -0.308 e. The van der Waals surface area contributed by atoms with Gasteiger partial charge in [0.2, 0.25) is 0 Å². The second kappa shape index (κ2) is 5.75. The molecular formula is C12H21N3S. The number of likely N-dealkylation sites (tertiary alicyclic amines) is 1. The molecule has 1 aliphatic rings. The first-order valence-electron chi connectivity index (χ1n) is 6.06. The minimum atomic E-state index is 0.609. The second-order valence-electron chi connectivity index (χ2n) is 4.74. The summed E-state index contributed by atoms with van der Waals surface area (Å²) in [4.78, 5) is 6.71. The first-order valence-corrected chi connectivity index (χ1v) is 6.94. The maximum Gasteiger partial charge on any atom is 0.106 e. The molecule has 1 aromatic rings. The van der Waals surface area contributed by atoms with Gasteiger partial charge in [-0.3, -0.25) is 0 Å². The van der Waals surface area contributed by atoms with E-state index in [1.807, 2.05) is 11.6 Å². The monoisotopic (exact) mass is 239 g/mol. The zero-order chi connectivity index (χ0) is 11.4. The molecule has 0 aliphatic carbocycles. The van der Waals surface area contributed by atoms with Crippen LogP contribution in [0.4, 0.5) is 0 Å². The van der Waals surface area contributed by atoms with Crippen molar-refractivity contribution in [3.05, 3.63) is 16.6 Å². The molecule has 16 heavy (non-hydrogen) atoms. The fourth-order valence-corrected chi connectivity index (χ4v) is 2.85. The Hall–Kier alpha value is -0.450. The molecule has 0 saturated carbocycles. The van der Waals surface area contributed by atoms with Gasteiger partial charge < -0.3 is 10.2 Å². The van der Waals surface area contributed by atoms with Gasteiger partial charge in [0.15, 0.2) is 0 Å². The zero-order valence-electron chi connectivity index (χ0n) is 10.1. The highest BCUT2D eigenvalue weighted by atomic mass is 32.1. The predicted octanol–water partition coefficient (Wildman–Crippen LogP) is 1.96. The Balaban J connectivity index is 1.73. The molecule has 0 amide bonds. The third-order valence-corrected chi connectivity index (χ3v) is 4.31. The van der Waals surface area contributed by atoms with Gasteiger partial charge in [-0.25, -0.2) is 4.98 Å². The molecule has 4 heteroatoms. The minimum absolute atomic E-state index is 0.609. The topological polar surface area (TPSA) is 28.2 Å². The molecule has 2 heterocycles. The molecule has 1 atom stereocenters. The van der Waals surface area contributed by atoms with E-state index >= 15 is 0 Å². The van der Waals surface area contributed by atoms with Crippen LogP contribution < -0.4 is 5.32 Å². The van der Waals surface area contributed by atoms with Crippen molar-refractivity contribution in [2.45, 2.75) is 32.4 Å². The lowest BCUT2D eigenvalue weighted by atomic mass is 9.90. The molecule has 0 bridgehead atoms. The standard InChI is InChI=1S/C12H21N3S/c1-10(11-3-6-15(2)7-4-11)14-9-12-13-5-8-16-12/h5,8,10-11,14H,3-4,6-7,9H2,1-2H3. The Bertz CT molecular complexity index is 291. The number of piperidine rings is 1. The third kappa shape index (κ3) is 3.27. The number of hydrogen-bond acceptors (Lipinski definition) is 4. The molecule has 1 fully saturated rings. The van der Waals surface area contributed by atoms with Crippen LogP contribution in [0.5, 0.6) is 0 Å². The normalized spacial score (nSPS) is 21.1.